The first kappa shape index (κ1) is 12.6. The highest BCUT2D eigenvalue weighted by molar-refractivity contribution is 5.93. The predicted octanol–water partition coefficient (Wildman–Crippen LogP) is 1.98. The molecule has 0 aromatic carbocycles. The third kappa shape index (κ3) is 3.32. The van der Waals surface area contributed by atoms with Crippen molar-refractivity contribution in [2.24, 2.45) is 0 Å². The number of nitrogens with one attached hydrogen (secondary N) is 2. The average molecular weight is 268 g/mol. The maximum atomic E-state index is 12.0. The molecule has 0 bridgehead atoms. The van der Waals surface area contributed by atoms with Crippen LogP contribution in [0.2, 0.25) is 0 Å². The smallest absolute Gasteiger partial charge is 0.270 e. The van der Waals surface area contributed by atoms with Crippen LogP contribution in [0.1, 0.15) is 28.9 Å². The zero-order chi connectivity index (χ0) is 13.8. The number of pyridine rings is 2. The SMILES string of the molecule is O=C(NCc1cccnc1)c1cc(NC2CC2)ccn1. The van der Waals surface area contributed by atoms with E-state index in [1.807, 2.05) is 18.2 Å². The van der Waals surface area contributed by atoms with E-state index >= 15 is 0 Å². The quantitative estimate of drug-likeness (QED) is 0.870. The van der Waals surface area contributed by atoms with Crippen molar-refractivity contribution in [3.05, 3.63) is 54.1 Å². The van der Waals surface area contributed by atoms with Crippen LogP contribution in [0.15, 0.2) is 42.9 Å². The van der Waals surface area contributed by atoms with Crippen LogP contribution in [-0.2, 0) is 6.54 Å². The van der Waals surface area contributed by atoms with E-state index in [0.29, 0.717) is 18.3 Å². The van der Waals surface area contributed by atoms with Crippen LogP contribution in [0.3, 0.4) is 0 Å². The van der Waals surface area contributed by atoms with Crippen LogP contribution >= 0.6 is 0 Å². The van der Waals surface area contributed by atoms with Gasteiger partial charge in [-0.2, -0.15) is 0 Å². The van der Waals surface area contributed by atoms with E-state index in [0.717, 1.165) is 11.3 Å². The van der Waals surface area contributed by atoms with Crippen molar-refractivity contribution in [1.82, 2.24) is 15.3 Å². The first-order chi connectivity index (χ1) is 9.81. The molecule has 0 unspecified atom stereocenters. The summed E-state index contributed by atoms with van der Waals surface area (Å²) in [6, 6.07) is 8.00. The Balaban J connectivity index is 1.61. The summed E-state index contributed by atoms with van der Waals surface area (Å²) < 4.78 is 0. The molecule has 0 aliphatic heterocycles. The third-order valence-corrected chi connectivity index (χ3v) is 3.12. The molecule has 5 heteroatoms. The van der Waals surface area contributed by atoms with Crippen LogP contribution < -0.4 is 10.6 Å². The average Bonchev–Trinajstić information content (AvgIpc) is 3.30. The Hall–Kier alpha value is -2.43. The van der Waals surface area contributed by atoms with Gasteiger partial charge >= 0.3 is 0 Å². The Labute approximate surface area is 117 Å². The molecule has 1 amide bonds. The van der Waals surface area contributed by atoms with E-state index in [4.69, 9.17) is 0 Å². The number of hydrogen-bond donors (Lipinski definition) is 2. The summed E-state index contributed by atoms with van der Waals surface area (Å²) in [6.07, 6.45) is 7.50. The van der Waals surface area contributed by atoms with Gasteiger partial charge in [-0.3, -0.25) is 14.8 Å². The molecular weight excluding hydrogens is 252 g/mol. The highest BCUT2D eigenvalue weighted by Crippen LogP contribution is 2.24. The molecule has 0 radical (unpaired) electrons. The Bertz CT molecular complexity index is 596. The van der Waals surface area contributed by atoms with Crippen LogP contribution in [0.4, 0.5) is 5.69 Å². The number of aromatic nitrogens is 2. The topological polar surface area (TPSA) is 66.9 Å². The lowest BCUT2D eigenvalue weighted by Crippen LogP contribution is -2.24. The molecule has 3 rings (SSSR count). The van der Waals surface area contributed by atoms with Crippen molar-refractivity contribution < 1.29 is 4.79 Å². The molecule has 2 aromatic heterocycles. The van der Waals surface area contributed by atoms with Crippen molar-refractivity contribution in [3.8, 4) is 0 Å². The zero-order valence-electron chi connectivity index (χ0n) is 11.0. The van der Waals surface area contributed by atoms with E-state index in [1.165, 1.54) is 12.8 Å². The lowest BCUT2D eigenvalue weighted by atomic mass is 10.2. The van der Waals surface area contributed by atoms with E-state index in [-0.39, 0.29) is 5.91 Å². The van der Waals surface area contributed by atoms with Crippen LogP contribution in [0.5, 0.6) is 0 Å². The summed E-state index contributed by atoms with van der Waals surface area (Å²) in [5.74, 6) is -0.173. The second kappa shape index (κ2) is 5.69. The molecule has 1 aliphatic rings. The molecular formula is C15H16N4O. The second-order valence-electron chi connectivity index (χ2n) is 4.89. The molecule has 20 heavy (non-hydrogen) atoms. The van der Waals surface area contributed by atoms with E-state index < -0.39 is 0 Å². The third-order valence-electron chi connectivity index (χ3n) is 3.12. The summed E-state index contributed by atoms with van der Waals surface area (Å²) in [5.41, 5.74) is 2.35. The van der Waals surface area contributed by atoms with Gasteiger partial charge in [0.25, 0.3) is 5.91 Å². The lowest BCUT2D eigenvalue weighted by molar-refractivity contribution is 0.0946. The van der Waals surface area contributed by atoms with Crippen molar-refractivity contribution in [2.45, 2.75) is 25.4 Å². The van der Waals surface area contributed by atoms with Gasteiger partial charge in [0.15, 0.2) is 0 Å². The highest BCUT2D eigenvalue weighted by Gasteiger charge is 2.21. The molecule has 1 fully saturated rings. The van der Waals surface area contributed by atoms with Gasteiger partial charge in [0.1, 0.15) is 5.69 Å². The molecule has 1 aliphatic carbocycles. The first-order valence-corrected chi connectivity index (χ1v) is 6.71. The summed E-state index contributed by atoms with van der Waals surface area (Å²) in [5, 5.41) is 6.20. The number of rotatable bonds is 5. The van der Waals surface area contributed by atoms with Gasteiger partial charge in [0.05, 0.1) is 0 Å². The zero-order valence-corrected chi connectivity index (χ0v) is 11.0. The number of hydrogen-bond acceptors (Lipinski definition) is 4. The number of carbonyl (C=O) groups is 1. The minimum Gasteiger partial charge on any atom is -0.382 e. The van der Waals surface area contributed by atoms with Crippen LogP contribution in [-0.4, -0.2) is 21.9 Å². The van der Waals surface area contributed by atoms with Crippen molar-refractivity contribution >= 4 is 11.6 Å². The predicted molar refractivity (Wildman–Crippen MR) is 76.3 cm³/mol. The van der Waals surface area contributed by atoms with Crippen LogP contribution in [0.25, 0.3) is 0 Å². The van der Waals surface area contributed by atoms with E-state index in [1.54, 1.807) is 24.7 Å². The van der Waals surface area contributed by atoms with Crippen molar-refractivity contribution in [2.75, 3.05) is 5.32 Å². The standard InChI is InChI=1S/C15H16N4O/c20-15(18-10-11-2-1-6-16-9-11)14-8-13(5-7-17-14)19-12-3-4-12/h1-2,5-9,12H,3-4,10H2,(H,17,19)(H,18,20). The molecule has 0 atom stereocenters. The maximum Gasteiger partial charge on any atom is 0.270 e. The Morgan fingerprint density at radius 1 is 1.30 bits per heavy atom. The molecule has 5 nitrogen and oxygen atoms in total. The van der Waals surface area contributed by atoms with E-state index in [9.17, 15) is 4.79 Å². The van der Waals surface area contributed by atoms with Crippen molar-refractivity contribution in [3.63, 3.8) is 0 Å². The van der Waals surface area contributed by atoms with E-state index in [2.05, 4.69) is 20.6 Å². The maximum absolute atomic E-state index is 12.0. The molecule has 2 aromatic rings. The normalized spacial score (nSPS) is 13.8. The second-order valence-corrected chi connectivity index (χ2v) is 4.89. The fourth-order valence-corrected chi connectivity index (χ4v) is 1.88. The van der Waals surface area contributed by atoms with Crippen LogP contribution in [0, 0.1) is 0 Å². The molecule has 102 valence electrons. The molecule has 0 spiro atoms. The molecule has 2 N–H and O–H groups in total. The number of amides is 1. The first-order valence-electron chi connectivity index (χ1n) is 6.71. The fourth-order valence-electron chi connectivity index (χ4n) is 1.88. The number of nitrogens with zero attached hydrogens (tertiary/aromatic N) is 2. The minimum absolute atomic E-state index is 0.173. The molecule has 0 saturated heterocycles. The summed E-state index contributed by atoms with van der Waals surface area (Å²) >= 11 is 0. The monoisotopic (exact) mass is 268 g/mol. The fraction of sp³-hybridized carbons (Fsp3) is 0.267. The van der Waals surface area contributed by atoms with Gasteiger partial charge in [-0.05, 0) is 36.6 Å². The summed E-state index contributed by atoms with van der Waals surface area (Å²) in [6.45, 7) is 0.453. The number of anilines is 1. The lowest BCUT2D eigenvalue weighted by Gasteiger charge is -2.07. The van der Waals surface area contributed by atoms with Gasteiger partial charge < -0.3 is 10.6 Å². The van der Waals surface area contributed by atoms with Crippen molar-refractivity contribution in [1.29, 1.82) is 0 Å². The van der Waals surface area contributed by atoms with Gasteiger partial charge in [0.2, 0.25) is 0 Å². The molecule has 2 heterocycles. The molecule has 1 saturated carbocycles. The summed E-state index contributed by atoms with van der Waals surface area (Å²) in [7, 11) is 0. The Morgan fingerprint density at radius 3 is 2.95 bits per heavy atom. The van der Waals surface area contributed by atoms with Gasteiger partial charge in [-0.15, -0.1) is 0 Å². The van der Waals surface area contributed by atoms with Gasteiger partial charge in [-0.25, -0.2) is 0 Å². The van der Waals surface area contributed by atoms with Gasteiger partial charge in [-0.1, -0.05) is 6.07 Å². The Kier molecular flexibility index (Phi) is 3.58. The Morgan fingerprint density at radius 2 is 2.20 bits per heavy atom. The number of carbonyl (C=O) groups excluding carboxylic acids is 1. The minimum atomic E-state index is -0.173. The highest BCUT2D eigenvalue weighted by atomic mass is 16.1. The summed E-state index contributed by atoms with van der Waals surface area (Å²) in [4.78, 5) is 20.2. The van der Waals surface area contributed by atoms with Gasteiger partial charge in [0, 0.05) is 36.9 Å². The largest absolute Gasteiger partial charge is 0.382 e.